The Kier molecular flexibility index (Phi) is 6.27. The van der Waals surface area contributed by atoms with E-state index in [2.05, 4.69) is 5.32 Å². The monoisotopic (exact) mass is 440 g/mol. The topological polar surface area (TPSA) is 41.6 Å². The molecule has 1 heterocycles. The van der Waals surface area contributed by atoms with E-state index in [9.17, 15) is 4.79 Å². The molecule has 0 saturated carbocycles. The molecule has 4 nitrogen and oxygen atoms in total. The maximum atomic E-state index is 12.3. The normalized spacial score (nSPS) is 15.4. The lowest BCUT2D eigenvalue weighted by Crippen LogP contribution is -2.30. The van der Waals surface area contributed by atoms with E-state index in [4.69, 9.17) is 51.8 Å². The number of amides is 1. The third-order valence-electron chi connectivity index (χ3n) is 3.91. The summed E-state index contributed by atoms with van der Waals surface area (Å²) in [6.07, 6.45) is 1.66. The van der Waals surface area contributed by atoms with Gasteiger partial charge in [-0.05, 0) is 60.6 Å². The molecule has 0 spiro atoms. The standard InChI is InChI=1S/C19H15Cl3N2O2S/c1-2-24-18(25)16(23-19(24)27)9-12-7-14(21)17(15(22)8-12)26-10-11-3-5-13(20)6-4-11/h3-9H,2,10H2,1H3,(H,23,27)/b16-9-. The summed E-state index contributed by atoms with van der Waals surface area (Å²) in [5.74, 6) is 0.199. The number of benzene rings is 2. The number of ether oxygens (including phenoxy) is 1. The van der Waals surface area contributed by atoms with E-state index in [-0.39, 0.29) is 5.91 Å². The van der Waals surface area contributed by atoms with Crippen LogP contribution in [0.5, 0.6) is 5.75 Å². The summed E-state index contributed by atoms with van der Waals surface area (Å²) in [5.41, 5.74) is 1.98. The van der Waals surface area contributed by atoms with E-state index in [1.54, 1.807) is 30.3 Å². The number of thiocarbonyl (C=S) groups is 1. The van der Waals surface area contributed by atoms with Gasteiger partial charge in [0.1, 0.15) is 12.3 Å². The molecular weight excluding hydrogens is 427 g/mol. The molecule has 2 aromatic rings. The van der Waals surface area contributed by atoms with Gasteiger partial charge in [-0.25, -0.2) is 0 Å². The van der Waals surface area contributed by atoms with E-state index in [1.165, 1.54) is 4.90 Å². The summed E-state index contributed by atoms with van der Waals surface area (Å²) < 4.78 is 5.75. The van der Waals surface area contributed by atoms with E-state index in [1.807, 2.05) is 19.1 Å². The van der Waals surface area contributed by atoms with Gasteiger partial charge in [-0.15, -0.1) is 0 Å². The Balaban J connectivity index is 1.79. The van der Waals surface area contributed by atoms with E-state index >= 15 is 0 Å². The summed E-state index contributed by atoms with van der Waals surface area (Å²) in [7, 11) is 0. The highest BCUT2D eigenvalue weighted by Crippen LogP contribution is 2.35. The van der Waals surface area contributed by atoms with Crippen molar-refractivity contribution in [3.8, 4) is 5.75 Å². The van der Waals surface area contributed by atoms with E-state index < -0.39 is 0 Å². The summed E-state index contributed by atoms with van der Waals surface area (Å²) in [6, 6.07) is 10.7. The van der Waals surface area contributed by atoms with Crippen LogP contribution in [0.1, 0.15) is 18.1 Å². The Labute approximate surface area is 177 Å². The first-order valence-electron chi connectivity index (χ1n) is 8.10. The fourth-order valence-electron chi connectivity index (χ4n) is 2.56. The second-order valence-corrected chi connectivity index (χ2v) is 7.40. The summed E-state index contributed by atoms with van der Waals surface area (Å²) >= 11 is 23.7. The van der Waals surface area contributed by atoms with Crippen molar-refractivity contribution in [3.05, 3.63) is 68.3 Å². The summed E-state index contributed by atoms with van der Waals surface area (Å²) in [5, 5.41) is 4.64. The number of hydrogen-bond donors (Lipinski definition) is 1. The molecule has 0 aliphatic carbocycles. The first-order valence-corrected chi connectivity index (χ1v) is 9.64. The summed E-state index contributed by atoms with van der Waals surface area (Å²) in [6.45, 7) is 2.66. The van der Waals surface area contributed by atoms with Gasteiger partial charge < -0.3 is 10.1 Å². The molecule has 0 aromatic heterocycles. The largest absolute Gasteiger partial charge is 0.486 e. The van der Waals surface area contributed by atoms with Crippen molar-refractivity contribution in [3.63, 3.8) is 0 Å². The van der Waals surface area contributed by atoms with Gasteiger partial charge in [0.05, 0.1) is 10.0 Å². The van der Waals surface area contributed by atoms with Gasteiger partial charge in [-0.2, -0.15) is 0 Å². The number of halogens is 3. The second-order valence-electron chi connectivity index (χ2n) is 5.77. The van der Waals surface area contributed by atoms with Crippen LogP contribution < -0.4 is 10.1 Å². The van der Waals surface area contributed by atoms with Crippen LogP contribution in [0.3, 0.4) is 0 Å². The maximum Gasteiger partial charge on any atom is 0.276 e. The van der Waals surface area contributed by atoms with Crippen LogP contribution in [0.2, 0.25) is 15.1 Å². The van der Waals surface area contributed by atoms with Crippen LogP contribution >= 0.6 is 47.0 Å². The first-order chi connectivity index (χ1) is 12.9. The van der Waals surface area contributed by atoms with Crippen molar-refractivity contribution < 1.29 is 9.53 Å². The predicted molar refractivity (Wildman–Crippen MR) is 113 cm³/mol. The highest BCUT2D eigenvalue weighted by Gasteiger charge is 2.29. The van der Waals surface area contributed by atoms with Crippen LogP contribution in [0.25, 0.3) is 6.08 Å². The summed E-state index contributed by atoms with van der Waals surface area (Å²) in [4.78, 5) is 13.8. The molecule has 1 aliphatic heterocycles. The molecular formula is C19H15Cl3N2O2S. The van der Waals surface area contributed by atoms with Gasteiger partial charge in [0.25, 0.3) is 5.91 Å². The number of nitrogens with zero attached hydrogens (tertiary/aromatic N) is 1. The Morgan fingerprint density at radius 1 is 1.15 bits per heavy atom. The zero-order chi connectivity index (χ0) is 19.6. The smallest absolute Gasteiger partial charge is 0.276 e. The minimum atomic E-state index is -0.183. The molecule has 1 amide bonds. The zero-order valence-electron chi connectivity index (χ0n) is 14.3. The molecule has 27 heavy (non-hydrogen) atoms. The number of likely N-dealkylation sites (N-methyl/N-ethyl adjacent to an activating group) is 1. The number of rotatable bonds is 5. The van der Waals surface area contributed by atoms with Crippen LogP contribution in [0, 0.1) is 0 Å². The minimum Gasteiger partial charge on any atom is -0.486 e. The SMILES string of the molecule is CCN1C(=O)/C(=C/c2cc(Cl)c(OCc3ccc(Cl)cc3)c(Cl)c2)NC1=S. The third kappa shape index (κ3) is 4.55. The van der Waals surface area contributed by atoms with Crippen molar-refractivity contribution in [1.29, 1.82) is 0 Å². The molecule has 3 rings (SSSR count). The highest BCUT2D eigenvalue weighted by atomic mass is 35.5. The second kappa shape index (κ2) is 8.48. The fourth-order valence-corrected chi connectivity index (χ4v) is 3.62. The Morgan fingerprint density at radius 3 is 2.33 bits per heavy atom. The van der Waals surface area contributed by atoms with Crippen molar-refractivity contribution in [2.24, 2.45) is 0 Å². The molecule has 1 fully saturated rings. The van der Waals surface area contributed by atoms with Crippen LogP contribution in [-0.2, 0) is 11.4 Å². The molecule has 140 valence electrons. The van der Waals surface area contributed by atoms with Gasteiger partial charge in [0, 0.05) is 11.6 Å². The molecule has 8 heteroatoms. The van der Waals surface area contributed by atoms with Crippen LogP contribution in [0.4, 0.5) is 0 Å². The van der Waals surface area contributed by atoms with E-state index in [0.717, 1.165) is 5.56 Å². The number of carbonyl (C=O) groups is 1. The molecule has 0 bridgehead atoms. The molecule has 1 saturated heterocycles. The number of nitrogens with one attached hydrogen (secondary N) is 1. The zero-order valence-corrected chi connectivity index (χ0v) is 17.3. The van der Waals surface area contributed by atoms with Gasteiger partial charge in [0.2, 0.25) is 0 Å². The van der Waals surface area contributed by atoms with Gasteiger partial charge in [0.15, 0.2) is 10.9 Å². The quantitative estimate of drug-likeness (QED) is 0.505. The van der Waals surface area contributed by atoms with Gasteiger partial charge in [-0.1, -0.05) is 46.9 Å². The molecule has 2 aromatic carbocycles. The maximum absolute atomic E-state index is 12.3. The lowest BCUT2D eigenvalue weighted by atomic mass is 10.1. The molecule has 1 N–H and O–H groups in total. The predicted octanol–water partition coefficient (Wildman–Crippen LogP) is 5.30. The molecule has 0 unspecified atom stereocenters. The number of hydrogen-bond acceptors (Lipinski definition) is 3. The Hall–Kier alpha value is -1.79. The average molecular weight is 442 g/mol. The Bertz CT molecular complexity index is 906. The van der Waals surface area contributed by atoms with Gasteiger partial charge in [-0.3, -0.25) is 9.69 Å². The third-order valence-corrected chi connectivity index (χ3v) is 5.04. The van der Waals surface area contributed by atoms with Crippen LogP contribution in [0.15, 0.2) is 42.1 Å². The Morgan fingerprint density at radius 2 is 1.78 bits per heavy atom. The lowest BCUT2D eigenvalue weighted by molar-refractivity contribution is -0.122. The van der Waals surface area contributed by atoms with E-state index in [0.29, 0.717) is 50.3 Å². The lowest BCUT2D eigenvalue weighted by Gasteiger charge is -2.11. The molecule has 0 radical (unpaired) electrons. The van der Waals surface area contributed by atoms with Crippen molar-refractivity contribution in [1.82, 2.24) is 10.2 Å². The average Bonchev–Trinajstić information content (AvgIpc) is 2.88. The minimum absolute atomic E-state index is 0.183. The number of carbonyl (C=O) groups excluding carboxylic acids is 1. The van der Waals surface area contributed by atoms with Crippen molar-refractivity contribution in [2.45, 2.75) is 13.5 Å². The first kappa shape index (κ1) is 20.0. The fraction of sp³-hybridized carbons (Fsp3) is 0.158. The van der Waals surface area contributed by atoms with Crippen molar-refractivity contribution >= 4 is 64.1 Å². The highest BCUT2D eigenvalue weighted by molar-refractivity contribution is 7.80. The molecule has 0 atom stereocenters. The van der Waals surface area contributed by atoms with Crippen molar-refractivity contribution in [2.75, 3.05) is 6.54 Å². The van der Waals surface area contributed by atoms with Gasteiger partial charge >= 0.3 is 0 Å². The van der Waals surface area contributed by atoms with Crippen LogP contribution in [-0.4, -0.2) is 22.5 Å². The molecule has 1 aliphatic rings.